The highest BCUT2D eigenvalue weighted by atomic mass is 32.2. The quantitative estimate of drug-likeness (QED) is 0.306. The zero-order valence-electron chi connectivity index (χ0n) is 19.3. The minimum atomic E-state index is -3.62. The van der Waals surface area contributed by atoms with Crippen molar-refractivity contribution in [2.45, 2.75) is 30.6 Å². The number of hydrogen-bond acceptors (Lipinski definition) is 5. The highest BCUT2D eigenvalue weighted by Crippen LogP contribution is 2.30. The first-order valence-corrected chi connectivity index (χ1v) is 12.1. The largest absolute Gasteiger partial charge is 0.460 e. The van der Waals surface area contributed by atoms with E-state index in [0.717, 1.165) is 28.5 Å². The van der Waals surface area contributed by atoms with Crippen molar-refractivity contribution in [3.05, 3.63) is 36.4 Å². The smallest absolute Gasteiger partial charge is 0.305 e. The number of esters is 1. The Kier molecular flexibility index (Phi) is 8.85. The lowest BCUT2D eigenvalue weighted by Gasteiger charge is -2.23. The number of ether oxygens (including phenoxy) is 1. The summed E-state index contributed by atoms with van der Waals surface area (Å²) in [5.41, 5.74) is 0.975. The third-order valence-electron chi connectivity index (χ3n) is 5.01. The molecule has 0 aromatic heterocycles. The molecular weight excluding hydrogens is 414 g/mol. The van der Waals surface area contributed by atoms with E-state index < -0.39 is 10.0 Å². The number of rotatable bonds is 12. The van der Waals surface area contributed by atoms with Gasteiger partial charge >= 0.3 is 5.97 Å². The zero-order valence-corrected chi connectivity index (χ0v) is 20.2. The highest BCUT2D eigenvalue weighted by Gasteiger charge is 2.18. The SMILES string of the molecule is CN(C)c1cccc2c(S(=O)(=O)NCCCCCC(=O)OCC[N+](C)(C)C)cccc12. The fraction of sp³-hybridized carbons (Fsp3) is 0.522. The van der Waals surface area contributed by atoms with Crippen molar-refractivity contribution in [2.75, 3.05) is 59.8 Å². The summed E-state index contributed by atoms with van der Waals surface area (Å²) < 4.78 is 34.4. The van der Waals surface area contributed by atoms with Gasteiger partial charge in [0, 0.05) is 43.5 Å². The summed E-state index contributed by atoms with van der Waals surface area (Å²) in [5.74, 6) is -0.193. The third-order valence-corrected chi connectivity index (χ3v) is 6.52. The number of carbonyl (C=O) groups excluding carboxylic acids is 1. The average molecular weight is 451 g/mol. The van der Waals surface area contributed by atoms with Gasteiger partial charge in [0.2, 0.25) is 10.0 Å². The molecule has 172 valence electrons. The lowest BCUT2D eigenvalue weighted by molar-refractivity contribution is -0.870. The Balaban J connectivity index is 1.83. The van der Waals surface area contributed by atoms with Gasteiger partial charge in [0.15, 0.2) is 0 Å². The highest BCUT2D eigenvalue weighted by molar-refractivity contribution is 7.89. The standard InChI is InChI=1S/C23H36N3O4S/c1-25(2)21-13-9-12-20-19(21)11-10-14-22(20)31(28,29)24-16-8-6-7-15-23(27)30-18-17-26(3,4)5/h9-14,24H,6-8,15-18H2,1-5H3/q+1. The molecule has 8 heteroatoms. The van der Waals surface area contributed by atoms with Gasteiger partial charge < -0.3 is 14.1 Å². The lowest BCUT2D eigenvalue weighted by atomic mass is 10.1. The molecule has 0 aliphatic rings. The lowest BCUT2D eigenvalue weighted by Crippen LogP contribution is -2.38. The number of nitrogens with one attached hydrogen (secondary N) is 1. The monoisotopic (exact) mass is 450 g/mol. The first-order chi connectivity index (χ1) is 14.5. The van der Waals surface area contributed by atoms with Crippen LogP contribution in [-0.2, 0) is 19.6 Å². The number of unbranched alkanes of at least 4 members (excludes halogenated alkanes) is 2. The Morgan fingerprint density at radius 3 is 2.35 bits per heavy atom. The van der Waals surface area contributed by atoms with E-state index in [-0.39, 0.29) is 10.9 Å². The molecule has 0 heterocycles. The van der Waals surface area contributed by atoms with Crippen molar-refractivity contribution in [3.8, 4) is 0 Å². The van der Waals surface area contributed by atoms with Crippen molar-refractivity contribution in [1.29, 1.82) is 0 Å². The molecule has 0 bridgehead atoms. The van der Waals surface area contributed by atoms with E-state index in [1.807, 2.05) is 64.4 Å². The molecule has 0 atom stereocenters. The summed E-state index contributed by atoms with van der Waals surface area (Å²) in [6.45, 7) is 1.53. The zero-order chi connectivity index (χ0) is 23.1. The summed E-state index contributed by atoms with van der Waals surface area (Å²) in [6, 6.07) is 11.0. The van der Waals surface area contributed by atoms with Gasteiger partial charge in [-0.1, -0.05) is 30.7 Å². The first kappa shape index (κ1) is 25.1. The van der Waals surface area contributed by atoms with Gasteiger partial charge in [0.25, 0.3) is 0 Å². The van der Waals surface area contributed by atoms with Crippen molar-refractivity contribution < 1.29 is 22.4 Å². The maximum atomic E-state index is 12.9. The minimum absolute atomic E-state index is 0.193. The molecule has 0 spiro atoms. The third kappa shape index (κ3) is 7.79. The molecule has 0 saturated heterocycles. The number of sulfonamides is 1. The van der Waals surface area contributed by atoms with Gasteiger partial charge in [0.1, 0.15) is 13.2 Å². The van der Waals surface area contributed by atoms with Crippen LogP contribution in [0.15, 0.2) is 41.3 Å². The second-order valence-corrected chi connectivity index (χ2v) is 10.7. The van der Waals surface area contributed by atoms with Crippen LogP contribution in [-0.4, -0.2) is 73.8 Å². The molecule has 31 heavy (non-hydrogen) atoms. The van der Waals surface area contributed by atoms with Crippen LogP contribution >= 0.6 is 0 Å². The summed E-state index contributed by atoms with van der Waals surface area (Å²) in [5, 5.41) is 1.61. The van der Waals surface area contributed by atoms with E-state index in [1.54, 1.807) is 12.1 Å². The summed E-state index contributed by atoms with van der Waals surface area (Å²) in [6.07, 6.45) is 2.47. The molecule has 2 aromatic carbocycles. The van der Waals surface area contributed by atoms with Gasteiger partial charge in [-0.2, -0.15) is 0 Å². The van der Waals surface area contributed by atoms with Crippen LogP contribution in [0.2, 0.25) is 0 Å². The minimum Gasteiger partial charge on any atom is -0.460 e. The van der Waals surface area contributed by atoms with E-state index in [1.165, 1.54) is 0 Å². The van der Waals surface area contributed by atoms with Crippen LogP contribution in [0, 0.1) is 0 Å². The number of quaternary nitrogens is 1. The van der Waals surface area contributed by atoms with Crippen molar-refractivity contribution in [3.63, 3.8) is 0 Å². The first-order valence-electron chi connectivity index (χ1n) is 10.7. The summed E-state index contributed by atoms with van der Waals surface area (Å²) in [4.78, 5) is 14.0. The van der Waals surface area contributed by atoms with E-state index in [9.17, 15) is 13.2 Å². The topological polar surface area (TPSA) is 75.7 Å². The predicted molar refractivity (Wildman–Crippen MR) is 126 cm³/mol. The van der Waals surface area contributed by atoms with Crippen LogP contribution in [0.4, 0.5) is 5.69 Å². The number of anilines is 1. The molecule has 1 N–H and O–H groups in total. The maximum Gasteiger partial charge on any atom is 0.305 e. The second-order valence-electron chi connectivity index (χ2n) is 8.97. The van der Waals surface area contributed by atoms with Crippen LogP contribution in [0.5, 0.6) is 0 Å². The molecule has 2 rings (SSSR count). The molecule has 0 fully saturated rings. The van der Waals surface area contributed by atoms with Crippen molar-refractivity contribution in [2.24, 2.45) is 0 Å². The average Bonchev–Trinajstić information content (AvgIpc) is 2.68. The van der Waals surface area contributed by atoms with E-state index in [4.69, 9.17) is 4.74 Å². The van der Waals surface area contributed by atoms with Crippen molar-refractivity contribution >= 4 is 32.5 Å². The van der Waals surface area contributed by atoms with Crippen LogP contribution in [0.1, 0.15) is 25.7 Å². The number of nitrogens with zero attached hydrogens (tertiary/aromatic N) is 2. The Morgan fingerprint density at radius 2 is 1.68 bits per heavy atom. The molecular formula is C23H36N3O4S+. The molecule has 7 nitrogen and oxygen atoms in total. The van der Waals surface area contributed by atoms with Crippen molar-refractivity contribution in [1.82, 2.24) is 4.72 Å². The van der Waals surface area contributed by atoms with Crippen LogP contribution in [0.3, 0.4) is 0 Å². The Labute approximate surface area is 186 Å². The van der Waals surface area contributed by atoms with Crippen LogP contribution < -0.4 is 9.62 Å². The van der Waals surface area contributed by atoms with Gasteiger partial charge in [-0.25, -0.2) is 13.1 Å². The number of benzene rings is 2. The molecule has 0 amide bonds. The van der Waals surface area contributed by atoms with E-state index in [2.05, 4.69) is 4.72 Å². The summed E-state index contributed by atoms with van der Waals surface area (Å²) in [7, 11) is 6.41. The van der Waals surface area contributed by atoms with E-state index >= 15 is 0 Å². The molecule has 0 aliphatic carbocycles. The molecule has 0 aliphatic heterocycles. The van der Waals surface area contributed by atoms with Gasteiger partial charge in [-0.15, -0.1) is 0 Å². The Hall–Kier alpha value is -2.16. The molecule has 0 saturated carbocycles. The summed E-state index contributed by atoms with van der Waals surface area (Å²) >= 11 is 0. The molecule has 0 unspecified atom stereocenters. The fourth-order valence-electron chi connectivity index (χ4n) is 3.25. The molecule has 0 radical (unpaired) electrons. The van der Waals surface area contributed by atoms with E-state index in [0.29, 0.717) is 37.8 Å². The molecule has 2 aromatic rings. The number of hydrogen-bond donors (Lipinski definition) is 1. The van der Waals surface area contributed by atoms with Gasteiger partial charge in [0.05, 0.1) is 26.0 Å². The van der Waals surface area contributed by atoms with Crippen LogP contribution in [0.25, 0.3) is 10.8 Å². The number of fused-ring (bicyclic) bond motifs is 1. The van der Waals surface area contributed by atoms with Gasteiger partial charge in [-0.3, -0.25) is 4.79 Å². The maximum absolute atomic E-state index is 12.9. The Bertz CT molecular complexity index is 982. The normalized spacial score (nSPS) is 12.2. The fourth-order valence-corrected chi connectivity index (χ4v) is 4.54. The Morgan fingerprint density at radius 1 is 1.00 bits per heavy atom. The predicted octanol–water partition coefficient (Wildman–Crippen LogP) is 2.99. The number of likely N-dealkylation sites (N-methyl/N-ethyl adjacent to an activating group) is 1. The number of carbonyl (C=O) groups is 1. The van der Waals surface area contributed by atoms with Gasteiger partial charge in [-0.05, 0) is 25.0 Å². The second kappa shape index (κ2) is 10.9.